The number of hydrogen-bond donors (Lipinski definition) is 2. The largest absolute Gasteiger partial charge is 0.416 e. The average molecular weight is 467 g/mol. The van der Waals surface area contributed by atoms with Gasteiger partial charge in [0, 0.05) is 11.4 Å². The molecule has 2 amide bonds. The second kappa shape index (κ2) is 10.8. The molecule has 0 aliphatic heterocycles. The fourth-order valence-electron chi connectivity index (χ4n) is 3.23. The number of nitrogens with one attached hydrogen (secondary N) is 2. The zero-order valence-electron chi connectivity index (χ0n) is 19.1. The van der Waals surface area contributed by atoms with E-state index in [1.54, 1.807) is 6.92 Å². The van der Waals surface area contributed by atoms with Crippen LogP contribution >= 0.6 is 0 Å². The van der Waals surface area contributed by atoms with E-state index in [0.29, 0.717) is 17.8 Å². The van der Waals surface area contributed by atoms with Gasteiger partial charge in [0.05, 0.1) is 18.3 Å². The van der Waals surface area contributed by atoms with Gasteiger partial charge in [0.25, 0.3) is 0 Å². The number of carbonyl (C=O) groups is 1. The molecule has 0 saturated heterocycles. The maximum absolute atomic E-state index is 12.7. The number of hydrogen-bond acceptors (Lipinski definition) is 3. The van der Waals surface area contributed by atoms with Crippen LogP contribution in [0.4, 0.5) is 23.7 Å². The van der Waals surface area contributed by atoms with Crippen molar-refractivity contribution in [2.24, 2.45) is 10.1 Å². The molecule has 0 heterocycles. The second-order valence-corrected chi connectivity index (χ2v) is 7.81. The van der Waals surface area contributed by atoms with E-state index in [1.807, 2.05) is 56.3 Å². The van der Waals surface area contributed by atoms with Gasteiger partial charge in [0.1, 0.15) is 0 Å². The second-order valence-electron chi connectivity index (χ2n) is 7.81. The molecule has 34 heavy (non-hydrogen) atoms. The molecule has 0 aromatic heterocycles. The van der Waals surface area contributed by atoms with Crippen molar-refractivity contribution in [1.82, 2.24) is 5.43 Å². The van der Waals surface area contributed by atoms with E-state index in [1.165, 1.54) is 18.3 Å². The fraction of sp³-hybridized carbons (Fsp3) is 0.192. The molecule has 0 saturated carbocycles. The highest BCUT2D eigenvalue weighted by molar-refractivity contribution is 5.98. The van der Waals surface area contributed by atoms with Crippen molar-refractivity contribution < 1.29 is 18.0 Å². The summed E-state index contributed by atoms with van der Waals surface area (Å²) in [7, 11) is 0. The van der Waals surface area contributed by atoms with Gasteiger partial charge < -0.3 is 5.32 Å². The van der Waals surface area contributed by atoms with Crippen LogP contribution in [0.1, 0.15) is 40.3 Å². The summed E-state index contributed by atoms with van der Waals surface area (Å²) in [6, 6.07) is 17.7. The summed E-state index contributed by atoms with van der Waals surface area (Å²) in [6.07, 6.45) is -2.82. The molecular weight excluding hydrogens is 441 g/mol. The summed E-state index contributed by atoms with van der Waals surface area (Å²) in [5.41, 5.74) is 7.47. The fourth-order valence-corrected chi connectivity index (χ4v) is 3.23. The lowest BCUT2D eigenvalue weighted by atomic mass is 10.1. The van der Waals surface area contributed by atoms with Gasteiger partial charge in [-0.15, -0.1) is 0 Å². The Bertz CT molecular complexity index is 1180. The Kier molecular flexibility index (Phi) is 7.83. The molecule has 0 atom stereocenters. The molecule has 3 aromatic carbocycles. The molecule has 3 aromatic rings. The Morgan fingerprint density at radius 2 is 1.56 bits per heavy atom. The lowest BCUT2D eigenvalue weighted by Gasteiger charge is -2.10. The normalized spacial score (nSPS) is 12.1. The Morgan fingerprint density at radius 3 is 2.15 bits per heavy atom. The van der Waals surface area contributed by atoms with Crippen LogP contribution in [0.3, 0.4) is 0 Å². The number of aliphatic imine (C=N–C) groups is 1. The third-order valence-electron chi connectivity index (χ3n) is 5.21. The predicted octanol–water partition coefficient (Wildman–Crippen LogP) is 6.49. The summed E-state index contributed by atoms with van der Waals surface area (Å²) >= 11 is 0. The zero-order chi connectivity index (χ0) is 24.7. The van der Waals surface area contributed by atoms with Crippen LogP contribution in [0.25, 0.3) is 0 Å². The monoisotopic (exact) mass is 466 g/mol. The van der Waals surface area contributed by atoms with Crippen LogP contribution in [-0.2, 0) is 12.7 Å². The van der Waals surface area contributed by atoms with Gasteiger partial charge in [-0.25, -0.2) is 10.2 Å². The first-order valence-electron chi connectivity index (χ1n) is 10.6. The molecule has 2 N–H and O–H groups in total. The predicted molar refractivity (Wildman–Crippen MR) is 129 cm³/mol. The molecule has 3 rings (SSSR count). The number of amides is 2. The number of hydrazone groups is 1. The number of anilines is 1. The van der Waals surface area contributed by atoms with Gasteiger partial charge in [0.15, 0.2) is 0 Å². The van der Waals surface area contributed by atoms with Crippen LogP contribution in [0, 0.1) is 13.8 Å². The highest BCUT2D eigenvalue weighted by Gasteiger charge is 2.29. The number of carbonyl (C=O) groups excluding carboxylic acids is 1. The maximum Gasteiger partial charge on any atom is 0.416 e. The summed E-state index contributed by atoms with van der Waals surface area (Å²) in [6.45, 7) is 5.99. The zero-order valence-corrected chi connectivity index (χ0v) is 19.1. The molecule has 176 valence electrons. The van der Waals surface area contributed by atoms with E-state index >= 15 is 0 Å². The van der Waals surface area contributed by atoms with Gasteiger partial charge in [0.2, 0.25) is 0 Å². The van der Waals surface area contributed by atoms with Crippen LogP contribution in [-0.4, -0.2) is 18.0 Å². The van der Waals surface area contributed by atoms with Gasteiger partial charge >= 0.3 is 12.2 Å². The Labute approximate surface area is 196 Å². The van der Waals surface area contributed by atoms with Crippen molar-refractivity contribution in [3.63, 3.8) is 0 Å². The van der Waals surface area contributed by atoms with E-state index in [0.717, 1.165) is 40.1 Å². The lowest BCUT2D eigenvalue weighted by Crippen LogP contribution is -2.25. The quantitative estimate of drug-likeness (QED) is 0.317. The summed E-state index contributed by atoms with van der Waals surface area (Å²) in [5.74, 6) is 0. The average Bonchev–Trinajstić information content (AvgIpc) is 2.80. The molecule has 8 heteroatoms. The number of aryl methyl sites for hydroxylation is 2. The number of benzene rings is 3. The Hall–Kier alpha value is -3.94. The maximum atomic E-state index is 12.7. The van der Waals surface area contributed by atoms with Crippen molar-refractivity contribution in [3.8, 4) is 0 Å². The Morgan fingerprint density at radius 1 is 0.941 bits per heavy atom. The molecule has 0 radical (unpaired) electrons. The van der Waals surface area contributed by atoms with Crippen molar-refractivity contribution in [1.29, 1.82) is 0 Å². The topological polar surface area (TPSA) is 65.8 Å². The van der Waals surface area contributed by atoms with Crippen LogP contribution in [0.5, 0.6) is 0 Å². The number of alkyl halides is 3. The van der Waals surface area contributed by atoms with Crippen LogP contribution in [0.2, 0.25) is 0 Å². The first-order chi connectivity index (χ1) is 16.1. The van der Waals surface area contributed by atoms with Gasteiger partial charge in [-0.3, -0.25) is 4.99 Å². The molecule has 0 unspecified atom stereocenters. The summed E-state index contributed by atoms with van der Waals surface area (Å²) in [4.78, 5) is 16.6. The number of rotatable bonds is 6. The standard InChI is InChI=1S/C26H25F3N4O/c1-17-5-4-6-18(2)24(17)32-25(34)33-31-16-21-9-7-20(8-10-21)15-30-19(3)22-11-13-23(14-12-22)26(27,28)29/h4-14,16H,15H2,1-3H3,(H2,32,33,34)/b30-19?,31-16+. The SMILES string of the molecule is CC(=NCc1ccc(/C=N/NC(=O)Nc2c(C)cccc2C)cc1)c1ccc(C(F)(F)F)cc1. The van der Waals surface area contributed by atoms with E-state index < -0.39 is 17.8 Å². The highest BCUT2D eigenvalue weighted by atomic mass is 19.4. The van der Waals surface area contributed by atoms with Crippen molar-refractivity contribution in [2.45, 2.75) is 33.5 Å². The first-order valence-corrected chi connectivity index (χ1v) is 10.6. The molecule has 0 bridgehead atoms. The van der Waals surface area contributed by atoms with Crippen molar-refractivity contribution in [2.75, 3.05) is 5.32 Å². The number of nitrogens with zero attached hydrogens (tertiary/aromatic N) is 2. The number of urea groups is 1. The minimum atomic E-state index is -4.35. The van der Waals surface area contributed by atoms with Crippen molar-refractivity contribution in [3.05, 3.63) is 100 Å². The van der Waals surface area contributed by atoms with E-state index in [-0.39, 0.29) is 0 Å². The highest BCUT2D eigenvalue weighted by Crippen LogP contribution is 2.29. The molecule has 5 nitrogen and oxygen atoms in total. The van der Waals surface area contributed by atoms with Gasteiger partial charge in [-0.05, 0) is 60.7 Å². The molecular formula is C26H25F3N4O. The molecule has 0 aliphatic rings. The van der Waals surface area contributed by atoms with Gasteiger partial charge in [-0.2, -0.15) is 18.3 Å². The number of para-hydroxylation sites is 1. The van der Waals surface area contributed by atoms with Gasteiger partial charge in [-0.1, -0.05) is 54.6 Å². The van der Waals surface area contributed by atoms with E-state index in [2.05, 4.69) is 20.8 Å². The van der Waals surface area contributed by atoms with E-state index in [4.69, 9.17) is 0 Å². The number of halogens is 3. The summed E-state index contributed by atoms with van der Waals surface area (Å²) in [5, 5.41) is 6.76. The minimum absolute atomic E-state index is 0.390. The first kappa shape index (κ1) is 24.7. The third-order valence-corrected chi connectivity index (χ3v) is 5.21. The third kappa shape index (κ3) is 6.78. The van der Waals surface area contributed by atoms with Crippen LogP contribution in [0.15, 0.2) is 76.8 Å². The lowest BCUT2D eigenvalue weighted by molar-refractivity contribution is -0.137. The van der Waals surface area contributed by atoms with Crippen molar-refractivity contribution >= 4 is 23.6 Å². The van der Waals surface area contributed by atoms with E-state index in [9.17, 15) is 18.0 Å². The molecule has 0 spiro atoms. The molecule has 0 fully saturated rings. The Balaban J connectivity index is 1.53. The summed E-state index contributed by atoms with van der Waals surface area (Å²) < 4.78 is 38.1. The van der Waals surface area contributed by atoms with Crippen LogP contribution < -0.4 is 10.7 Å². The molecule has 0 aliphatic carbocycles. The smallest absolute Gasteiger partial charge is 0.306 e. The minimum Gasteiger partial charge on any atom is -0.306 e.